The second kappa shape index (κ2) is 10.1. The lowest BCUT2D eigenvalue weighted by atomic mass is 10.1. The lowest BCUT2D eigenvalue weighted by molar-refractivity contribution is -0.116. The van der Waals surface area contributed by atoms with Crippen LogP contribution in [0.1, 0.15) is 18.9 Å². The van der Waals surface area contributed by atoms with Crippen LogP contribution in [0.15, 0.2) is 54.6 Å². The van der Waals surface area contributed by atoms with E-state index in [0.717, 1.165) is 57.1 Å². The van der Waals surface area contributed by atoms with Crippen molar-refractivity contribution < 1.29 is 4.79 Å². The lowest BCUT2D eigenvalue weighted by Gasteiger charge is -2.36. The summed E-state index contributed by atoms with van der Waals surface area (Å²) >= 11 is 0. The van der Waals surface area contributed by atoms with E-state index in [4.69, 9.17) is 0 Å². The highest BCUT2D eigenvalue weighted by Gasteiger charge is 2.17. The molecule has 1 aliphatic heterocycles. The van der Waals surface area contributed by atoms with Gasteiger partial charge in [-0.25, -0.2) is 0 Å². The highest BCUT2D eigenvalue weighted by molar-refractivity contribution is 5.91. The number of amides is 1. The zero-order valence-corrected chi connectivity index (χ0v) is 16.2. The summed E-state index contributed by atoms with van der Waals surface area (Å²) in [6.45, 7) is 8.60. The Hall–Kier alpha value is -2.37. The quantitative estimate of drug-likeness (QED) is 0.754. The van der Waals surface area contributed by atoms with Crippen LogP contribution in [0.4, 0.5) is 11.4 Å². The molecule has 1 saturated heterocycles. The summed E-state index contributed by atoms with van der Waals surface area (Å²) in [5, 5.41) is 6.39. The first-order valence-corrected chi connectivity index (χ1v) is 9.87. The topological polar surface area (TPSA) is 47.6 Å². The minimum Gasteiger partial charge on any atom is -0.369 e. The number of carbonyl (C=O) groups excluding carboxylic acids is 1. The molecule has 144 valence electrons. The van der Waals surface area contributed by atoms with Crippen LogP contribution in [0, 0.1) is 0 Å². The van der Waals surface area contributed by atoms with Gasteiger partial charge in [0.2, 0.25) is 5.91 Å². The fraction of sp³-hybridized carbons (Fsp3) is 0.409. The molecule has 1 heterocycles. The molecule has 0 aliphatic carbocycles. The molecule has 3 rings (SSSR count). The first-order chi connectivity index (χ1) is 13.3. The number of rotatable bonds is 8. The lowest BCUT2D eigenvalue weighted by Crippen LogP contribution is -2.47. The van der Waals surface area contributed by atoms with Crippen molar-refractivity contribution in [2.75, 3.05) is 49.5 Å². The highest BCUT2D eigenvalue weighted by atomic mass is 16.1. The third-order valence-corrected chi connectivity index (χ3v) is 5.01. The van der Waals surface area contributed by atoms with Crippen LogP contribution in [-0.2, 0) is 11.3 Å². The van der Waals surface area contributed by atoms with E-state index in [9.17, 15) is 4.79 Å². The summed E-state index contributed by atoms with van der Waals surface area (Å²) in [4.78, 5) is 17.2. The van der Waals surface area contributed by atoms with E-state index >= 15 is 0 Å². The van der Waals surface area contributed by atoms with E-state index in [1.807, 2.05) is 18.2 Å². The van der Waals surface area contributed by atoms with Gasteiger partial charge < -0.3 is 15.5 Å². The molecule has 27 heavy (non-hydrogen) atoms. The van der Waals surface area contributed by atoms with E-state index in [-0.39, 0.29) is 5.91 Å². The van der Waals surface area contributed by atoms with Crippen molar-refractivity contribution in [3.63, 3.8) is 0 Å². The van der Waals surface area contributed by atoms with Gasteiger partial charge in [-0.3, -0.25) is 9.69 Å². The fourth-order valence-electron chi connectivity index (χ4n) is 3.40. The van der Waals surface area contributed by atoms with Crippen LogP contribution in [0.25, 0.3) is 0 Å². The van der Waals surface area contributed by atoms with Gasteiger partial charge in [0, 0.05) is 57.1 Å². The summed E-state index contributed by atoms with van der Waals surface area (Å²) in [5.74, 6) is 0.0874. The molecule has 5 nitrogen and oxygen atoms in total. The minimum atomic E-state index is 0.0874. The van der Waals surface area contributed by atoms with Gasteiger partial charge in [0.25, 0.3) is 0 Å². The monoisotopic (exact) mass is 366 g/mol. The Balaban J connectivity index is 1.43. The summed E-state index contributed by atoms with van der Waals surface area (Å²) in [6, 6.07) is 18.5. The van der Waals surface area contributed by atoms with Gasteiger partial charge in [-0.05, 0) is 30.3 Å². The van der Waals surface area contributed by atoms with Crippen molar-refractivity contribution >= 4 is 17.3 Å². The first kappa shape index (κ1) is 19.4. The summed E-state index contributed by atoms with van der Waals surface area (Å²) in [7, 11) is 0. The maximum atomic E-state index is 12.4. The molecule has 0 saturated carbocycles. The molecule has 1 amide bonds. The standard InChI is InChI=1S/C22H30N4O/c1-2-23-18-19-8-6-7-11-21(19)24-22(27)12-13-25-14-16-26(17-15-25)20-9-4-3-5-10-20/h3-11,23H,2,12-18H2,1H3,(H,24,27). The minimum absolute atomic E-state index is 0.0874. The van der Waals surface area contributed by atoms with Gasteiger partial charge in [0.1, 0.15) is 0 Å². The first-order valence-electron chi connectivity index (χ1n) is 9.87. The normalized spacial score (nSPS) is 14.9. The summed E-state index contributed by atoms with van der Waals surface area (Å²) < 4.78 is 0. The second-order valence-electron chi connectivity index (χ2n) is 6.90. The van der Waals surface area contributed by atoms with Crippen LogP contribution in [0.2, 0.25) is 0 Å². The molecule has 0 bridgehead atoms. The summed E-state index contributed by atoms with van der Waals surface area (Å²) in [6.07, 6.45) is 0.529. The highest BCUT2D eigenvalue weighted by Crippen LogP contribution is 2.17. The van der Waals surface area contributed by atoms with E-state index < -0.39 is 0 Å². The molecule has 0 atom stereocenters. The molecule has 0 spiro atoms. The average molecular weight is 367 g/mol. The molecule has 2 aromatic carbocycles. The molecule has 1 aliphatic rings. The Labute approximate surface area is 162 Å². The second-order valence-corrected chi connectivity index (χ2v) is 6.90. The molecular formula is C22H30N4O. The Morgan fingerprint density at radius 2 is 1.67 bits per heavy atom. The predicted molar refractivity (Wildman–Crippen MR) is 112 cm³/mol. The number of anilines is 2. The zero-order valence-electron chi connectivity index (χ0n) is 16.2. The van der Waals surface area contributed by atoms with E-state index in [2.05, 4.69) is 63.8 Å². The third-order valence-electron chi connectivity index (χ3n) is 5.01. The Kier molecular flexibility index (Phi) is 7.25. The van der Waals surface area contributed by atoms with Crippen LogP contribution >= 0.6 is 0 Å². The van der Waals surface area contributed by atoms with Gasteiger partial charge >= 0.3 is 0 Å². The number of hydrogen-bond donors (Lipinski definition) is 2. The fourth-order valence-corrected chi connectivity index (χ4v) is 3.40. The van der Waals surface area contributed by atoms with Gasteiger partial charge in [0.05, 0.1) is 0 Å². The number of hydrogen-bond acceptors (Lipinski definition) is 4. The number of nitrogens with zero attached hydrogens (tertiary/aromatic N) is 2. The molecule has 5 heteroatoms. The van der Waals surface area contributed by atoms with Gasteiger partial charge in [-0.1, -0.05) is 43.3 Å². The van der Waals surface area contributed by atoms with Crippen molar-refractivity contribution in [3.05, 3.63) is 60.2 Å². The van der Waals surface area contributed by atoms with Crippen molar-refractivity contribution in [1.82, 2.24) is 10.2 Å². The zero-order chi connectivity index (χ0) is 18.9. The van der Waals surface area contributed by atoms with E-state index in [1.54, 1.807) is 0 Å². The van der Waals surface area contributed by atoms with Crippen molar-refractivity contribution in [2.45, 2.75) is 19.9 Å². The van der Waals surface area contributed by atoms with Crippen molar-refractivity contribution in [2.24, 2.45) is 0 Å². The SMILES string of the molecule is CCNCc1ccccc1NC(=O)CCN1CCN(c2ccccc2)CC1. The maximum Gasteiger partial charge on any atom is 0.225 e. The molecule has 2 aromatic rings. The summed E-state index contributed by atoms with van der Waals surface area (Å²) in [5.41, 5.74) is 3.33. The molecule has 2 N–H and O–H groups in total. The van der Waals surface area contributed by atoms with Crippen LogP contribution in [0.5, 0.6) is 0 Å². The molecular weight excluding hydrogens is 336 g/mol. The number of piperazine rings is 1. The van der Waals surface area contributed by atoms with Crippen LogP contribution in [-0.4, -0.2) is 50.1 Å². The molecule has 0 radical (unpaired) electrons. The van der Waals surface area contributed by atoms with Gasteiger partial charge in [-0.15, -0.1) is 0 Å². The number of carbonyl (C=O) groups is 1. The maximum absolute atomic E-state index is 12.4. The van der Waals surface area contributed by atoms with Crippen LogP contribution in [0.3, 0.4) is 0 Å². The van der Waals surface area contributed by atoms with Gasteiger partial charge in [-0.2, -0.15) is 0 Å². The average Bonchev–Trinajstić information content (AvgIpc) is 2.73. The molecule has 0 aromatic heterocycles. The smallest absolute Gasteiger partial charge is 0.225 e. The van der Waals surface area contributed by atoms with Crippen LogP contribution < -0.4 is 15.5 Å². The number of benzene rings is 2. The number of nitrogens with one attached hydrogen (secondary N) is 2. The Morgan fingerprint density at radius 1 is 0.963 bits per heavy atom. The third kappa shape index (κ3) is 5.81. The Bertz CT molecular complexity index is 711. The largest absolute Gasteiger partial charge is 0.369 e. The molecule has 1 fully saturated rings. The van der Waals surface area contributed by atoms with Crippen molar-refractivity contribution in [1.29, 1.82) is 0 Å². The number of para-hydroxylation sites is 2. The van der Waals surface area contributed by atoms with Crippen molar-refractivity contribution in [3.8, 4) is 0 Å². The Morgan fingerprint density at radius 3 is 2.41 bits per heavy atom. The predicted octanol–water partition coefficient (Wildman–Crippen LogP) is 2.95. The van der Waals surface area contributed by atoms with E-state index in [0.29, 0.717) is 6.42 Å². The van der Waals surface area contributed by atoms with E-state index in [1.165, 1.54) is 5.69 Å². The van der Waals surface area contributed by atoms with Gasteiger partial charge in [0.15, 0.2) is 0 Å². The molecule has 0 unspecified atom stereocenters.